The van der Waals surface area contributed by atoms with Crippen LogP contribution in [0.5, 0.6) is 0 Å². The molecule has 0 aliphatic heterocycles. The van der Waals surface area contributed by atoms with Gasteiger partial charge in [-0.1, -0.05) is 33.4 Å². The molecule has 0 spiro atoms. The summed E-state index contributed by atoms with van der Waals surface area (Å²) >= 11 is 0. The van der Waals surface area contributed by atoms with Crippen LogP contribution < -0.4 is 0 Å². The second-order valence-electron chi connectivity index (χ2n) is 9.41. The van der Waals surface area contributed by atoms with Crippen molar-refractivity contribution < 1.29 is 23.5 Å². The molecular formula is C23H27FO4. The molecule has 0 aromatic heterocycles. The second-order valence-corrected chi connectivity index (χ2v) is 9.41. The van der Waals surface area contributed by atoms with Crippen molar-refractivity contribution in [2.75, 3.05) is 0 Å². The van der Waals surface area contributed by atoms with Crippen LogP contribution in [0.1, 0.15) is 47.0 Å². The minimum absolute atomic E-state index is 0.0272. The predicted molar refractivity (Wildman–Crippen MR) is 102 cm³/mol. The molecule has 4 aliphatic carbocycles. The van der Waals surface area contributed by atoms with Gasteiger partial charge in [-0.15, -0.1) is 0 Å². The predicted octanol–water partition coefficient (Wildman–Crippen LogP) is 4.11. The third-order valence-corrected chi connectivity index (χ3v) is 8.07. The first-order valence-corrected chi connectivity index (χ1v) is 10.1. The number of halogens is 1. The van der Waals surface area contributed by atoms with Crippen molar-refractivity contribution in [1.29, 1.82) is 0 Å². The zero-order valence-corrected chi connectivity index (χ0v) is 16.9. The van der Waals surface area contributed by atoms with Crippen LogP contribution in [0, 0.1) is 34.5 Å². The molecule has 0 heterocycles. The molecule has 5 heteroatoms. The molecule has 150 valence electrons. The van der Waals surface area contributed by atoms with Crippen LogP contribution in [-0.4, -0.2) is 23.7 Å². The van der Waals surface area contributed by atoms with Crippen LogP contribution in [-0.2, 0) is 19.1 Å². The minimum atomic E-state index is -1.39. The van der Waals surface area contributed by atoms with Crippen LogP contribution in [0.2, 0.25) is 0 Å². The van der Waals surface area contributed by atoms with Gasteiger partial charge in [-0.05, 0) is 54.6 Å². The van der Waals surface area contributed by atoms with Crippen LogP contribution in [0.15, 0.2) is 35.6 Å². The summed E-state index contributed by atoms with van der Waals surface area (Å²) < 4.78 is 19.8. The number of esters is 1. The highest BCUT2D eigenvalue weighted by Gasteiger charge is 2.64. The number of hydrogen-bond acceptors (Lipinski definition) is 4. The third-order valence-electron chi connectivity index (χ3n) is 8.07. The van der Waals surface area contributed by atoms with E-state index >= 15 is 0 Å². The van der Waals surface area contributed by atoms with Crippen molar-refractivity contribution in [1.82, 2.24) is 0 Å². The Labute approximate surface area is 164 Å². The van der Waals surface area contributed by atoms with E-state index in [0.717, 1.165) is 12.0 Å². The van der Waals surface area contributed by atoms with Crippen LogP contribution in [0.3, 0.4) is 0 Å². The third kappa shape index (κ3) is 2.31. The number of rotatable bonds is 1. The zero-order valence-electron chi connectivity index (χ0n) is 16.9. The van der Waals surface area contributed by atoms with Gasteiger partial charge in [0.2, 0.25) is 5.78 Å². The number of Topliss-reactive ketones (excluding diaryl/α,β-unsaturated/α-hetero) is 1. The van der Waals surface area contributed by atoms with E-state index in [-0.39, 0.29) is 47.4 Å². The molecule has 28 heavy (non-hydrogen) atoms. The minimum Gasteiger partial charge on any atom is -0.422 e. The zero-order chi connectivity index (χ0) is 20.6. The molecule has 4 aliphatic rings. The average Bonchev–Trinajstić information content (AvgIpc) is 2.85. The van der Waals surface area contributed by atoms with Gasteiger partial charge < -0.3 is 4.74 Å². The lowest BCUT2D eigenvalue weighted by atomic mass is 9.45. The average molecular weight is 386 g/mol. The SMILES string of the molecule is C=C1C2=C(OC(C)=O)C(=O)C=C[C@]2(C)[C@H]2CC[C@]3(C)C(=O)[C@H](F)C[C@H]3[C@@H]2[C@@H]1C. The van der Waals surface area contributed by atoms with Crippen molar-refractivity contribution in [2.24, 2.45) is 34.5 Å². The number of allylic oxidation sites excluding steroid dienone is 4. The van der Waals surface area contributed by atoms with Crippen molar-refractivity contribution in [3.63, 3.8) is 0 Å². The smallest absolute Gasteiger partial charge is 0.308 e. The summed E-state index contributed by atoms with van der Waals surface area (Å²) in [6.07, 6.45) is 3.67. The fraction of sp³-hybridized carbons (Fsp3) is 0.609. The van der Waals surface area contributed by atoms with Gasteiger partial charge in [-0.25, -0.2) is 4.39 Å². The fourth-order valence-corrected chi connectivity index (χ4v) is 6.63. The Morgan fingerprint density at radius 3 is 2.61 bits per heavy atom. The lowest BCUT2D eigenvalue weighted by Crippen LogP contribution is -2.53. The van der Waals surface area contributed by atoms with Crippen LogP contribution in [0.4, 0.5) is 4.39 Å². The van der Waals surface area contributed by atoms with Crippen molar-refractivity contribution in [3.8, 4) is 0 Å². The highest BCUT2D eigenvalue weighted by atomic mass is 19.1. The Kier molecular flexibility index (Phi) is 4.12. The summed E-state index contributed by atoms with van der Waals surface area (Å²) in [4.78, 5) is 36.7. The molecule has 0 N–H and O–H groups in total. The lowest BCUT2D eigenvalue weighted by molar-refractivity contribution is -0.140. The Bertz CT molecular complexity index is 868. The number of carbonyl (C=O) groups excluding carboxylic acids is 3. The van der Waals surface area contributed by atoms with E-state index in [1.807, 2.05) is 19.9 Å². The van der Waals surface area contributed by atoms with Gasteiger partial charge in [0.25, 0.3) is 0 Å². The molecule has 7 atom stereocenters. The summed E-state index contributed by atoms with van der Waals surface area (Å²) in [5, 5.41) is 0. The van der Waals surface area contributed by atoms with E-state index in [9.17, 15) is 18.8 Å². The molecule has 0 aromatic rings. The Morgan fingerprint density at radius 2 is 1.96 bits per heavy atom. The van der Waals surface area contributed by atoms with E-state index in [0.29, 0.717) is 12.0 Å². The summed E-state index contributed by atoms with van der Waals surface area (Å²) in [5.41, 5.74) is 0.316. The molecule has 0 amide bonds. The van der Waals surface area contributed by atoms with E-state index in [1.165, 1.54) is 13.0 Å². The maximum atomic E-state index is 14.4. The van der Waals surface area contributed by atoms with Gasteiger partial charge in [-0.2, -0.15) is 0 Å². The van der Waals surface area contributed by atoms with Crippen LogP contribution >= 0.6 is 0 Å². The van der Waals surface area contributed by atoms with E-state index in [2.05, 4.69) is 13.5 Å². The molecule has 0 unspecified atom stereocenters. The number of ketones is 2. The lowest BCUT2D eigenvalue weighted by Gasteiger charge is -2.58. The number of alkyl halides is 1. The number of carbonyl (C=O) groups is 3. The van der Waals surface area contributed by atoms with Gasteiger partial charge in [-0.3, -0.25) is 14.4 Å². The molecule has 3 saturated carbocycles. The molecule has 0 aromatic carbocycles. The van der Waals surface area contributed by atoms with Crippen molar-refractivity contribution in [3.05, 3.63) is 35.6 Å². The van der Waals surface area contributed by atoms with E-state index in [4.69, 9.17) is 4.74 Å². The number of ether oxygens (including phenoxy) is 1. The topological polar surface area (TPSA) is 60.4 Å². The summed E-state index contributed by atoms with van der Waals surface area (Å²) in [5.74, 6) is -0.871. The van der Waals surface area contributed by atoms with Crippen LogP contribution in [0.25, 0.3) is 0 Å². The molecule has 0 bridgehead atoms. The Morgan fingerprint density at radius 1 is 1.29 bits per heavy atom. The number of hydrogen-bond donors (Lipinski definition) is 0. The highest BCUT2D eigenvalue weighted by molar-refractivity contribution is 6.06. The van der Waals surface area contributed by atoms with Gasteiger partial charge in [0.15, 0.2) is 17.7 Å². The first-order valence-electron chi connectivity index (χ1n) is 10.1. The fourth-order valence-electron chi connectivity index (χ4n) is 6.63. The largest absolute Gasteiger partial charge is 0.422 e. The van der Waals surface area contributed by atoms with Gasteiger partial charge in [0.1, 0.15) is 0 Å². The molecular weight excluding hydrogens is 359 g/mol. The molecule has 4 nitrogen and oxygen atoms in total. The van der Waals surface area contributed by atoms with E-state index < -0.39 is 23.0 Å². The van der Waals surface area contributed by atoms with Crippen molar-refractivity contribution >= 4 is 17.5 Å². The monoisotopic (exact) mass is 386 g/mol. The first kappa shape index (κ1) is 19.3. The van der Waals surface area contributed by atoms with E-state index in [1.54, 1.807) is 0 Å². The first-order chi connectivity index (χ1) is 13.0. The van der Waals surface area contributed by atoms with Gasteiger partial charge in [0.05, 0.1) is 0 Å². The molecule has 0 saturated heterocycles. The standard InChI is InChI=1S/C23H27FO4/c1-11-12(2)19-20(28-13(3)25)17(26)7-9-22(19,4)14-6-8-23(5)15(18(11)14)10-16(24)21(23)27/h7,9,11,14-16,18H,2,6,8,10H2,1,3-5H3/t11-,14+,15+,16-,18-,22-,23+/m1/s1. The molecule has 3 fully saturated rings. The summed E-state index contributed by atoms with van der Waals surface area (Å²) in [6.45, 7) is 11.6. The highest BCUT2D eigenvalue weighted by Crippen LogP contribution is 2.66. The molecule has 4 rings (SSSR count). The Balaban J connectivity index is 1.85. The second kappa shape index (κ2) is 5.98. The number of fused-ring (bicyclic) bond motifs is 5. The van der Waals surface area contributed by atoms with Gasteiger partial charge in [0, 0.05) is 23.3 Å². The van der Waals surface area contributed by atoms with Crippen molar-refractivity contribution in [2.45, 2.75) is 53.1 Å². The molecule has 0 radical (unpaired) electrons. The summed E-state index contributed by atoms with van der Waals surface area (Å²) in [6, 6.07) is 0. The van der Waals surface area contributed by atoms with Gasteiger partial charge >= 0.3 is 5.97 Å². The quantitative estimate of drug-likeness (QED) is 0.636. The normalized spacial score (nSPS) is 44.9. The summed E-state index contributed by atoms with van der Waals surface area (Å²) in [7, 11) is 0. The Hall–Kier alpha value is -2.04. The maximum Gasteiger partial charge on any atom is 0.308 e. The maximum absolute atomic E-state index is 14.4.